The number of benzene rings is 2. The Labute approximate surface area is 200 Å². The first kappa shape index (κ1) is 21.7. The molecule has 0 atom stereocenters. The third kappa shape index (κ3) is 4.38. The molecule has 33 heavy (non-hydrogen) atoms. The number of aryl methyl sites for hydroxylation is 1. The molecule has 1 aliphatic heterocycles. The molecule has 1 aliphatic rings. The Hall–Kier alpha value is -3.16. The van der Waals surface area contributed by atoms with Crippen LogP contribution in [0.4, 0.5) is 0 Å². The van der Waals surface area contributed by atoms with Crippen molar-refractivity contribution in [3.63, 3.8) is 0 Å². The molecule has 1 N–H and O–H groups in total. The highest BCUT2D eigenvalue weighted by Crippen LogP contribution is 2.31. The van der Waals surface area contributed by atoms with Gasteiger partial charge in [0.05, 0.1) is 16.3 Å². The molecule has 3 heterocycles. The molecule has 4 aromatic rings. The molecule has 2 amide bonds. The van der Waals surface area contributed by atoms with Gasteiger partial charge >= 0.3 is 0 Å². The molecule has 168 valence electrons. The number of carbonyl (C=O) groups is 2. The average Bonchev–Trinajstić information content (AvgIpc) is 3.56. The maximum absolute atomic E-state index is 12.9. The topological polar surface area (TPSA) is 67.2 Å². The number of rotatable bonds is 5. The normalized spacial score (nSPS) is 13.6. The van der Waals surface area contributed by atoms with E-state index in [-0.39, 0.29) is 11.8 Å². The second-order valence-corrected chi connectivity index (χ2v) is 9.66. The highest BCUT2D eigenvalue weighted by Gasteiger charge is 2.20. The number of hydrogen-bond acceptors (Lipinski definition) is 4. The quantitative estimate of drug-likeness (QED) is 0.428. The van der Waals surface area contributed by atoms with E-state index in [2.05, 4.69) is 10.4 Å². The Bertz CT molecular complexity index is 1350. The van der Waals surface area contributed by atoms with Crippen LogP contribution in [0, 0.1) is 6.92 Å². The van der Waals surface area contributed by atoms with Gasteiger partial charge in [-0.3, -0.25) is 9.59 Å². The zero-order chi connectivity index (χ0) is 22.9. The van der Waals surface area contributed by atoms with Gasteiger partial charge in [0.2, 0.25) is 0 Å². The van der Waals surface area contributed by atoms with Crippen molar-refractivity contribution in [1.29, 1.82) is 0 Å². The summed E-state index contributed by atoms with van der Waals surface area (Å²) >= 11 is 7.55. The number of nitrogens with zero attached hydrogens (tertiary/aromatic N) is 3. The van der Waals surface area contributed by atoms with E-state index < -0.39 is 0 Å². The van der Waals surface area contributed by atoms with Crippen LogP contribution in [0.3, 0.4) is 0 Å². The van der Waals surface area contributed by atoms with Gasteiger partial charge in [0, 0.05) is 35.6 Å². The standard InChI is InChI=1S/C25H23ClN4O2S/c1-16-21-14-22(33-25(21)30(28-16)20-9-5-8-19(26)13-20)23(31)27-15-17-6-4-7-18(12-17)24(32)29-10-2-3-11-29/h4-9,12-14H,2-3,10-11,15H2,1H3,(H,27,31). The van der Waals surface area contributed by atoms with Crippen molar-refractivity contribution in [2.75, 3.05) is 13.1 Å². The van der Waals surface area contributed by atoms with E-state index in [9.17, 15) is 9.59 Å². The molecule has 2 aromatic heterocycles. The molecular formula is C25H23ClN4O2S. The van der Waals surface area contributed by atoms with E-state index in [0.717, 1.165) is 53.1 Å². The minimum Gasteiger partial charge on any atom is -0.347 e. The third-order valence-corrected chi connectivity index (χ3v) is 7.19. The molecule has 0 bridgehead atoms. The van der Waals surface area contributed by atoms with Gasteiger partial charge in [-0.15, -0.1) is 11.3 Å². The van der Waals surface area contributed by atoms with Gasteiger partial charge < -0.3 is 10.2 Å². The fourth-order valence-electron chi connectivity index (χ4n) is 4.13. The van der Waals surface area contributed by atoms with Crippen molar-refractivity contribution in [2.45, 2.75) is 26.3 Å². The van der Waals surface area contributed by atoms with Crippen molar-refractivity contribution in [3.8, 4) is 5.69 Å². The summed E-state index contributed by atoms with van der Waals surface area (Å²) in [6, 6.07) is 16.9. The monoisotopic (exact) mass is 478 g/mol. The molecule has 1 fully saturated rings. The van der Waals surface area contributed by atoms with Gasteiger partial charge in [0.15, 0.2) is 0 Å². The molecule has 0 saturated carbocycles. The Morgan fingerprint density at radius 3 is 2.67 bits per heavy atom. The van der Waals surface area contributed by atoms with E-state index in [1.165, 1.54) is 11.3 Å². The first-order valence-corrected chi connectivity index (χ1v) is 12.1. The van der Waals surface area contributed by atoms with Gasteiger partial charge in [-0.1, -0.05) is 29.8 Å². The number of hydrogen-bond donors (Lipinski definition) is 1. The predicted molar refractivity (Wildman–Crippen MR) is 131 cm³/mol. The van der Waals surface area contributed by atoms with Crippen molar-refractivity contribution in [3.05, 3.63) is 81.3 Å². The molecule has 5 rings (SSSR count). The van der Waals surface area contributed by atoms with Crippen LogP contribution in [0.15, 0.2) is 54.6 Å². The van der Waals surface area contributed by atoms with E-state index in [0.29, 0.717) is 22.0 Å². The molecule has 0 aliphatic carbocycles. The number of nitrogens with one attached hydrogen (secondary N) is 1. The van der Waals surface area contributed by atoms with E-state index >= 15 is 0 Å². The van der Waals surface area contributed by atoms with Crippen LogP contribution in [-0.2, 0) is 6.54 Å². The van der Waals surface area contributed by atoms with Crippen LogP contribution in [0.2, 0.25) is 5.02 Å². The van der Waals surface area contributed by atoms with Gasteiger partial charge in [-0.05, 0) is 61.7 Å². The SMILES string of the molecule is Cc1nn(-c2cccc(Cl)c2)c2sc(C(=O)NCc3cccc(C(=O)N4CCCC4)c3)cc12. The highest BCUT2D eigenvalue weighted by molar-refractivity contribution is 7.20. The minimum atomic E-state index is -0.149. The summed E-state index contributed by atoms with van der Waals surface area (Å²) in [7, 11) is 0. The number of thiophene rings is 1. The smallest absolute Gasteiger partial charge is 0.261 e. The predicted octanol–water partition coefficient (Wildman–Crippen LogP) is 5.21. The van der Waals surface area contributed by atoms with Crippen molar-refractivity contribution in [2.24, 2.45) is 0 Å². The number of aromatic nitrogens is 2. The largest absolute Gasteiger partial charge is 0.347 e. The third-order valence-electron chi connectivity index (χ3n) is 5.84. The number of halogens is 1. The molecule has 0 spiro atoms. The maximum Gasteiger partial charge on any atom is 0.261 e. The Kier molecular flexibility index (Phi) is 5.91. The lowest BCUT2D eigenvalue weighted by Crippen LogP contribution is -2.28. The summed E-state index contributed by atoms with van der Waals surface area (Å²) in [5.41, 5.74) is 3.28. The van der Waals surface area contributed by atoms with Crippen LogP contribution in [0.25, 0.3) is 15.9 Å². The lowest BCUT2D eigenvalue weighted by Gasteiger charge is -2.15. The summed E-state index contributed by atoms with van der Waals surface area (Å²) in [4.78, 5) is 29.0. The van der Waals surface area contributed by atoms with Crippen molar-refractivity contribution >= 4 is 45.0 Å². The van der Waals surface area contributed by atoms with E-state index in [1.54, 1.807) is 0 Å². The van der Waals surface area contributed by atoms with Gasteiger partial charge in [-0.25, -0.2) is 4.68 Å². The first-order chi connectivity index (χ1) is 16.0. The zero-order valence-electron chi connectivity index (χ0n) is 18.2. The second kappa shape index (κ2) is 9.00. The summed E-state index contributed by atoms with van der Waals surface area (Å²) in [5, 5.41) is 9.18. The fourth-order valence-corrected chi connectivity index (χ4v) is 5.41. The van der Waals surface area contributed by atoms with Gasteiger partial charge in [0.25, 0.3) is 11.8 Å². The maximum atomic E-state index is 12.9. The second-order valence-electron chi connectivity index (χ2n) is 8.19. The zero-order valence-corrected chi connectivity index (χ0v) is 19.7. The van der Waals surface area contributed by atoms with Crippen molar-refractivity contribution < 1.29 is 9.59 Å². The summed E-state index contributed by atoms with van der Waals surface area (Å²) in [6.45, 7) is 3.92. The van der Waals surface area contributed by atoms with Gasteiger partial charge in [0.1, 0.15) is 4.83 Å². The molecule has 0 radical (unpaired) electrons. The molecular weight excluding hydrogens is 456 g/mol. The summed E-state index contributed by atoms with van der Waals surface area (Å²) < 4.78 is 1.82. The number of carbonyl (C=O) groups excluding carboxylic acids is 2. The van der Waals surface area contributed by atoms with Crippen LogP contribution in [0.1, 0.15) is 44.1 Å². The van der Waals surface area contributed by atoms with Crippen LogP contribution < -0.4 is 5.32 Å². The Morgan fingerprint density at radius 2 is 1.88 bits per heavy atom. The summed E-state index contributed by atoms with van der Waals surface area (Å²) in [6.07, 6.45) is 2.12. The minimum absolute atomic E-state index is 0.0613. The number of likely N-dealkylation sites (tertiary alicyclic amines) is 1. The highest BCUT2D eigenvalue weighted by atomic mass is 35.5. The molecule has 8 heteroatoms. The van der Waals surface area contributed by atoms with Crippen LogP contribution in [-0.4, -0.2) is 39.6 Å². The van der Waals surface area contributed by atoms with Gasteiger partial charge in [-0.2, -0.15) is 5.10 Å². The summed E-state index contributed by atoms with van der Waals surface area (Å²) in [5.74, 6) is -0.0873. The lowest BCUT2D eigenvalue weighted by atomic mass is 10.1. The van der Waals surface area contributed by atoms with E-state index in [4.69, 9.17) is 11.6 Å². The van der Waals surface area contributed by atoms with Crippen LogP contribution >= 0.6 is 22.9 Å². The van der Waals surface area contributed by atoms with Crippen molar-refractivity contribution in [1.82, 2.24) is 20.0 Å². The Balaban J connectivity index is 1.32. The fraction of sp³-hybridized carbons (Fsp3) is 0.240. The molecule has 1 saturated heterocycles. The molecule has 2 aromatic carbocycles. The average molecular weight is 479 g/mol. The first-order valence-electron chi connectivity index (χ1n) is 10.9. The number of fused-ring (bicyclic) bond motifs is 1. The molecule has 0 unspecified atom stereocenters. The lowest BCUT2D eigenvalue weighted by molar-refractivity contribution is 0.0792. The Morgan fingerprint density at radius 1 is 1.09 bits per heavy atom. The molecule has 6 nitrogen and oxygen atoms in total. The van der Waals surface area contributed by atoms with E-state index in [1.807, 2.05) is 71.1 Å². The number of amides is 2. The van der Waals surface area contributed by atoms with Crippen LogP contribution in [0.5, 0.6) is 0 Å².